The Bertz CT molecular complexity index is 551. The molecular weight excluding hydrogens is 318 g/mol. The van der Waals surface area contributed by atoms with E-state index >= 15 is 0 Å². The third-order valence-electron chi connectivity index (χ3n) is 4.46. The molecule has 0 radical (unpaired) electrons. The molecule has 1 fully saturated rings. The monoisotopic (exact) mass is 351 g/mol. The molecule has 0 spiro atoms. The van der Waals surface area contributed by atoms with E-state index in [-0.39, 0.29) is 5.91 Å². The van der Waals surface area contributed by atoms with Gasteiger partial charge in [0, 0.05) is 32.6 Å². The predicted molar refractivity (Wildman–Crippen MR) is 102 cm³/mol. The highest BCUT2D eigenvalue weighted by Gasteiger charge is 2.26. The average Bonchev–Trinajstić information content (AvgIpc) is 2.84. The zero-order valence-corrected chi connectivity index (χ0v) is 17.0. The first-order chi connectivity index (χ1) is 11.2. The van der Waals surface area contributed by atoms with Crippen LogP contribution in [0, 0.1) is 18.3 Å². The number of rotatable bonds is 5. The van der Waals surface area contributed by atoms with Crippen molar-refractivity contribution in [1.82, 2.24) is 14.8 Å². The molecule has 0 N–H and O–H groups in total. The van der Waals surface area contributed by atoms with Gasteiger partial charge in [-0.1, -0.05) is 34.6 Å². The maximum Gasteiger partial charge on any atom is 0.265 e. The summed E-state index contributed by atoms with van der Waals surface area (Å²) in [5.41, 5.74) is 1.27. The minimum atomic E-state index is 0.176. The van der Waals surface area contributed by atoms with Crippen LogP contribution in [0.3, 0.4) is 0 Å². The maximum absolute atomic E-state index is 12.8. The van der Waals surface area contributed by atoms with Crippen LogP contribution < -0.4 is 0 Å². The highest BCUT2D eigenvalue weighted by Crippen LogP contribution is 2.23. The first kappa shape index (κ1) is 19.4. The van der Waals surface area contributed by atoms with Crippen LogP contribution in [0.1, 0.15) is 61.4 Å². The number of hydrogen-bond donors (Lipinski definition) is 0. The van der Waals surface area contributed by atoms with Gasteiger partial charge in [-0.3, -0.25) is 9.69 Å². The zero-order valence-electron chi connectivity index (χ0n) is 16.2. The molecule has 0 aromatic carbocycles. The lowest BCUT2D eigenvalue weighted by atomic mass is 9.92. The summed E-state index contributed by atoms with van der Waals surface area (Å²) in [4.78, 5) is 22.8. The van der Waals surface area contributed by atoms with Crippen molar-refractivity contribution in [1.29, 1.82) is 0 Å². The van der Waals surface area contributed by atoms with Crippen LogP contribution in [0.2, 0.25) is 0 Å². The number of aryl methyl sites for hydroxylation is 1. The summed E-state index contributed by atoms with van der Waals surface area (Å²) in [6.07, 6.45) is 2.16. The van der Waals surface area contributed by atoms with Gasteiger partial charge in [0.1, 0.15) is 4.88 Å². The number of amides is 1. The Kier molecular flexibility index (Phi) is 6.43. The molecule has 0 atom stereocenters. The molecule has 0 unspecified atom stereocenters. The molecule has 4 nitrogen and oxygen atoms in total. The average molecular weight is 352 g/mol. The summed E-state index contributed by atoms with van der Waals surface area (Å²) < 4.78 is 0. The van der Waals surface area contributed by atoms with Crippen molar-refractivity contribution >= 4 is 17.2 Å². The SMILES string of the molecule is Cc1nc(CC(C)C)sc1C(=O)N1CCN(CCC(C)(C)C)CC1. The van der Waals surface area contributed by atoms with Crippen molar-refractivity contribution in [2.75, 3.05) is 32.7 Å². The van der Waals surface area contributed by atoms with E-state index in [0.717, 1.165) is 54.7 Å². The molecule has 24 heavy (non-hydrogen) atoms. The second-order valence-electron chi connectivity index (χ2n) is 8.56. The van der Waals surface area contributed by atoms with E-state index in [9.17, 15) is 4.79 Å². The first-order valence-electron chi connectivity index (χ1n) is 9.13. The van der Waals surface area contributed by atoms with Crippen molar-refractivity contribution < 1.29 is 4.79 Å². The number of aromatic nitrogens is 1. The Hall–Kier alpha value is -0.940. The summed E-state index contributed by atoms with van der Waals surface area (Å²) in [5.74, 6) is 0.750. The van der Waals surface area contributed by atoms with Crippen LogP contribution in [-0.4, -0.2) is 53.4 Å². The van der Waals surface area contributed by atoms with E-state index in [1.54, 1.807) is 11.3 Å². The van der Waals surface area contributed by atoms with Crippen molar-refractivity contribution in [2.45, 2.75) is 54.4 Å². The van der Waals surface area contributed by atoms with Crippen LogP contribution in [0.15, 0.2) is 0 Å². The maximum atomic E-state index is 12.8. The van der Waals surface area contributed by atoms with Crippen LogP contribution in [0.4, 0.5) is 0 Å². The molecule has 0 saturated carbocycles. The van der Waals surface area contributed by atoms with Gasteiger partial charge in [0.2, 0.25) is 0 Å². The van der Waals surface area contributed by atoms with Crippen LogP contribution >= 0.6 is 11.3 Å². The van der Waals surface area contributed by atoms with Gasteiger partial charge >= 0.3 is 0 Å². The topological polar surface area (TPSA) is 36.4 Å². The van der Waals surface area contributed by atoms with Gasteiger partial charge in [-0.2, -0.15) is 0 Å². The van der Waals surface area contributed by atoms with E-state index < -0.39 is 0 Å². The highest BCUT2D eigenvalue weighted by molar-refractivity contribution is 7.13. The standard InChI is InChI=1S/C19H33N3OS/c1-14(2)13-16-20-15(3)17(24-16)18(23)22-11-9-21(10-12-22)8-7-19(4,5)6/h14H,7-13H2,1-6H3. The number of nitrogens with zero attached hydrogens (tertiary/aromatic N) is 3. The molecule has 1 aliphatic heterocycles. The molecule has 1 amide bonds. The zero-order chi connectivity index (χ0) is 17.9. The molecule has 1 aliphatic rings. The Morgan fingerprint density at radius 1 is 1.21 bits per heavy atom. The number of carbonyl (C=O) groups excluding carboxylic acids is 1. The Labute approximate surface area is 151 Å². The van der Waals surface area contributed by atoms with Crippen LogP contribution in [-0.2, 0) is 6.42 Å². The molecule has 1 saturated heterocycles. The number of hydrogen-bond acceptors (Lipinski definition) is 4. The van der Waals surface area contributed by atoms with Crippen molar-refractivity contribution in [2.24, 2.45) is 11.3 Å². The third kappa shape index (κ3) is 5.55. The normalized spacial score (nSPS) is 16.9. The molecule has 1 aromatic rings. The quantitative estimate of drug-likeness (QED) is 0.808. The lowest BCUT2D eigenvalue weighted by Gasteiger charge is -2.35. The van der Waals surface area contributed by atoms with Crippen LogP contribution in [0.25, 0.3) is 0 Å². The second-order valence-corrected chi connectivity index (χ2v) is 9.65. The first-order valence-corrected chi connectivity index (χ1v) is 9.95. The highest BCUT2D eigenvalue weighted by atomic mass is 32.1. The second kappa shape index (κ2) is 7.96. The molecule has 1 aromatic heterocycles. The lowest BCUT2D eigenvalue weighted by molar-refractivity contribution is 0.0627. The van der Waals surface area contributed by atoms with Gasteiger partial charge in [0.05, 0.1) is 10.7 Å². The van der Waals surface area contributed by atoms with E-state index in [4.69, 9.17) is 0 Å². The third-order valence-corrected chi connectivity index (χ3v) is 5.62. The summed E-state index contributed by atoms with van der Waals surface area (Å²) in [6, 6.07) is 0. The number of piperazine rings is 1. The molecular formula is C19H33N3OS. The van der Waals surface area contributed by atoms with Gasteiger partial charge < -0.3 is 4.90 Å². The van der Waals surface area contributed by atoms with E-state index in [1.165, 1.54) is 6.42 Å². The molecule has 2 rings (SSSR count). The lowest BCUT2D eigenvalue weighted by Crippen LogP contribution is -2.49. The fourth-order valence-corrected chi connectivity index (χ4v) is 4.14. The molecule has 136 valence electrons. The minimum Gasteiger partial charge on any atom is -0.335 e. The summed E-state index contributed by atoms with van der Waals surface area (Å²) in [7, 11) is 0. The summed E-state index contributed by atoms with van der Waals surface area (Å²) >= 11 is 1.59. The van der Waals surface area contributed by atoms with Gasteiger partial charge in [0.25, 0.3) is 5.91 Å². The molecule has 5 heteroatoms. The minimum absolute atomic E-state index is 0.176. The smallest absolute Gasteiger partial charge is 0.265 e. The molecule has 0 bridgehead atoms. The predicted octanol–water partition coefficient (Wildman–Crippen LogP) is 3.84. The fraction of sp³-hybridized carbons (Fsp3) is 0.789. The molecule has 0 aliphatic carbocycles. The Balaban J connectivity index is 1.90. The van der Waals surface area contributed by atoms with Gasteiger partial charge in [0.15, 0.2) is 0 Å². The van der Waals surface area contributed by atoms with Gasteiger partial charge in [-0.25, -0.2) is 4.98 Å². The summed E-state index contributed by atoms with van der Waals surface area (Å²) in [5, 5.41) is 1.09. The van der Waals surface area contributed by atoms with Crippen LogP contribution in [0.5, 0.6) is 0 Å². The molecule has 2 heterocycles. The number of thiazole rings is 1. The van der Waals surface area contributed by atoms with Gasteiger partial charge in [-0.05, 0) is 31.2 Å². The fourth-order valence-electron chi connectivity index (χ4n) is 2.90. The van der Waals surface area contributed by atoms with E-state index in [0.29, 0.717) is 11.3 Å². The van der Waals surface area contributed by atoms with Crippen molar-refractivity contribution in [3.8, 4) is 0 Å². The Morgan fingerprint density at radius 3 is 2.38 bits per heavy atom. The summed E-state index contributed by atoms with van der Waals surface area (Å²) in [6.45, 7) is 18.0. The number of carbonyl (C=O) groups is 1. The van der Waals surface area contributed by atoms with Crippen molar-refractivity contribution in [3.05, 3.63) is 15.6 Å². The largest absolute Gasteiger partial charge is 0.335 e. The Morgan fingerprint density at radius 2 is 1.83 bits per heavy atom. The van der Waals surface area contributed by atoms with Gasteiger partial charge in [-0.15, -0.1) is 11.3 Å². The van der Waals surface area contributed by atoms with Crippen molar-refractivity contribution in [3.63, 3.8) is 0 Å². The van der Waals surface area contributed by atoms with E-state index in [2.05, 4.69) is 44.5 Å². The van der Waals surface area contributed by atoms with E-state index in [1.807, 2.05) is 11.8 Å².